The van der Waals surface area contributed by atoms with E-state index in [1.54, 1.807) is 20.8 Å². The first-order valence-corrected chi connectivity index (χ1v) is 6.83. The first kappa shape index (κ1) is 16.7. The van der Waals surface area contributed by atoms with Gasteiger partial charge in [-0.2, -0.15) is 0 Å². The smallest absolute Gasteiger partial charge is 0.327 e. The van der Waals surface area contributed by atoms with E-state index in [0.29, 0.717) is 0 Å². The van der Waals surface area contributed by atoms with E-state index in [-0.39, 0.29) is 0 Å². The Balaban J connectivity index is 2.71. The number of nitrogens with zero attached hydrogens (tertiary/aromatic N) is 4. The number of urea groups is 2. The Morgan fingerprint density at radius 2 is 1.18 bits per heavy atom. The molecular formula is C12H22N4O6. The highest BCUT2D eigenvalue weighted by molar-refractivity contribution is 5.84. The molecule has 2 bridgehead atoms. The second kappa shape index (κ2) is 5.23. The minimum Gasteiger partial charge on any atom is -0.376 e. The van der Waals surface area contributed by atoms with E-state index in [9.17, 15) is 30.0 Å². The molecular weight excluding hydrogens is 296 g/mol. The summed E-state index contributed by atoms with van der Waals surface area (Å²) in [6, 6.07) is -1.39. The van der Waals surface area contributed by atoms with Crippen LogP contribution in [0.25, 0.3) is 0 Å². The predicted molar refractivity (Wildman–Crippen MR) is 72.5 cm³/mol. The molecule has 0 spiro atoms. The number of rotatable bonds is 4. The third-order valence-electron chi connectivity index (χ3n) is 5.05. The number of carbonyl (C=O) groups is 2. The van der Waals surface area contributed by atoms with Crippen LogP contribution in [0.3, 0.4) is 0 Å². The van der Waals surface area contributed by atoms with Crippen LogP contribution >= 0.6 is 0 Å². The van der Waals surface area contributed by atoms with Crippen LogP contribution in [-0.4, -0.2) is 90.8 Å². The zero-order valence-electron chi connectivity index (χ0n) is 12.8. The van der Waals surface area contributed by atoms with Crippen LogP contribution in [0.1, 0.15) is 20.8 Å². The number of carbonyl (C=O) groups excluding carboxylic acids is 2. The lowest BCUT2D eigenvalue weighted by atomic mass is 9.70. The average molecular weight is 318 g/mol. The van der Waals surface area contributed by atoms with E-state index >= 15 is 0 Å². The van der Waals surface area contributed by atoms with Gasteiger partial charge in [-0.25, -0.2) is 9.59 Å². The van der Waals surface area contributed by atoms with Gasteiger partial charge in [0, 0.05) is 5.41 Å². The highest BCUT2D eigenvalue weighted by Crippen LogP contribution is 2.51. The molecule has 22 heavy (non-hydrogen) atoms. The van der Waals surface area contributed by atoms with E-state index in [1.807, 2.05) is 0 Å². The van der Waals surface area contributed by atoms with E-state index in [4.69, 9.17) is 0 Å². The summed E-state index contributed by atoms with van der Waals surface area (Å²) in [5.41, 5.74) is -2.22. The van der Waals surface area contributed by atoms with Gasteiger partial charge in [0.05, 0.1) is 0 Å². The summed E-state index contributed by atoms with van der Waals surface area (Å²) >= 11 is 0. The minimum absolute atomic E-state index is 0.678. The van der Waals surface area contributed by atoms with Crippen molar-refractivity contribution >= 4 is 12.1 Å². The fourth-order valence-corrected chi connectivity index (χ4v) is 3.60. The molecule has 2 saturated heterocycles. The standard InChI is InChI=1S/C12H22N4O6/c1-11(2)8-13(4-17)9(21)15(6-19)12(11,3)16(7-20)10(22)14(8)5-18/h8,17-20H,4-7H2,1-3H3. The van der Waals surface area contributed by atoms with Crippen molar-refractivity contribution in [2.75, 3.05) is 26.9 Å². The number of hydrogen-bond donors (Lipinski definition) is 4. The summed E-state index contributed by atoms with van der Waals surface area (Å²) < 4.78 is 0. The zero-order valence-corrected chi connectivity index (χ0v) is 12.8. The Kier molecular flexibility index (Phi) is 3.98. The molecule has 2 heterocycles. The molecule has 0 radical (unpaired) electrons. The van der Waals surface area contributed by atoms with Crippen LogP contribution in [0.4, 0.5) is 9.59 Å². The van der Waals surface area contributed by atoms with Crippen molar-refractivity contribution in [1.82, 2.24) is 19.6 Å². The summed E-state index contributed by atoms with van der Waals surface area (Å²) in [7, 11) is 0. The summed E-state index contributed by atoms with van der Waals surface area (Å²) in [6.07, 6.45) is -0.918. The highest BCUT2D eigenvalue weighted by Gasteiger charge is 2.68. The van der Waals surface area contributed by atoms with E-state index in [0.717, 1.165) is 19.6 Å². The molecule has 0 aromatic rings. The van der Waals surface area contributed by atoms with Gasteiger partial charge in [-0.1, -0.05) is 13.8 Å². The molecule has 0 unspecified atom stereocenters. The van der Waals surface area contributed by atoms with Crippen LogP contribution in [0.5, 0.6) is 0 Å². The van der Waals surface area contributed by atoms with Gasteiger partial charge >= 0.3 is 12.1 Å². The van der Waals surface area contributed by atoms with E-state index in [1.165, 1.54) is 0 Å². The van der Waals surface area contributed by atoms with Gasteiger partial charge in [-0.05, 0) is 6.92 Å². The second-order valence-corrected chi connectivity index (χ2v) is 6.04. The maximum absolute atomic E-state index is 12.5. The van der Waals surface area contributed by atoms with Crippen LogP contribution in [0, 0.1) is 5.41 Å². The number of fused-ring (bicyclic) bond motifs is 2. The molecule has 10 nitrogen and oxygen atoms in total. The van der Waals surface area contributed by atoms with Crippen molar-refractivity contribution in [1.29, 1.82) is 0 Å². The first-order chi connectivity index (χ1) is 10.2. The van der Waals surface area contributed by atoms with Crippen molar-refractivity contribution in [2.24, 2.45) is 5.41 Å². The van der Waals surface area contributed by atoms with Crippen molar-refractivity contribution < 1.29 is 30.0 Å². The van der Waals surface area contributed by atoms with Gasteiger partial charge in [0.15, 0.2) is 0 Å². The first-order valence-electron chi connectivity index (χ1n) is 6.83. The van der Waals surface area contributed by atoms with Gasteiger partial charge < -0.3 is 20.4 Å². The van der Waals surface area contributed by atoms with Crippen LogP contribution in [-0.2, 0) is 0 Å². The lowest BCUT2D eigenvalue weighted by Crippen LogP contribution is -2.86. The number of aliphatic hydroxyl groups excluding tert-OH is 4. The van der Waals surface area contributed by atoms with Crippen molar-refractivity contribution in [3.8, 4) is 0 Å². The molecule has 2 aliphatic heterocycles. The second-order valence-electron chi connectivity index (χ2n) is 6.04. The minimum atomic E-state index is -1.33. The van der Waals surface area contributed by atoms with Gasteiger partial charge in [-0.3, -0.25) is 19.6 Å². The molecule has 0 aromatic heterocycles. The third kappa shape index (κ3) is 1.69. The Labute approximate surface area is 127 Å². The predicted octanol–water partition coefficient (Wildman–Crippen LogP) is -1.67. The Morgan fingerprint density at radius 1 is 0.818 bits per heavy atom. The van der Waals surface area contributed by atoms with Crippen molar-refractivity contribution in [3.05, 3.63) is 0 Å². The van der Waals surface area contributed by atoms with Crippen molar-refractivity contribution in [3.63, 3.8) is 0 Å². The lowest BCUT2D eigenvalue weighted by molar-refractivity contribution is -0.241. The topological polar surface area (TPSA) is 128 Å². The largest absolute Gasteiger partial charge is 0.376 e. The maximum atomic E-state index is 12.5. The average Bonchev–Trinajstić information content (AvgIpc) is 2.46. The number of aliphatic hydroxyl groups is 4. The molecule has 2 aliphatic rings. The molecule has 0 aromatic carbocycles. The molecule has 2 rings (SSSR count). The number of hydrogen-bond acceptors (Lipinski definition) is 6. The summed E-state index contributed by atoms with van der Waals surface area (Å²) in [5.74, 6) is 0. The molecule has 4 amide bonds. The summed E-state index contributed by atoms with van der Waals surface area (Å²) in [6.45, 7) is 2.28. The molecule has 2 fully saturated rings. The van der Waals surface area contributed by atoms with Gasteiger partial charge in [-0.15, -0.1) is 0 Å². The van der Waals surface area contributed by atoms with Gasteiger partial charge in [0.1, 0.15) is 38.8 Å². The van der Waals surface area contributed by atoms with Crippen LogP contribution in [0.15, 0.2) is 0 Å². The quantitative estimate of drug-likeness (QED) is 0.491. The molecule has 10 heteroatoms. The normalized spacial score (nSPS) is 31.1. The Hall–Kier alpha value is -1.62. The number of amides is 4. The molecule has 126 valence electrons. The van der Waals surface area contributed by atoms with Crippen molar-refractivity contribution in [2.45, 2.75) is 32.6 Å². The molecule has 0 aliphatic carbocycles. The molecule has 4 N–H and O–H groups in total. The summed E-state index contributed by atoms with van der Waals surface area (Å²) in [4.78, 5) is 29.1. The zero-order chi connectivity index (χ0) is 16.9. The fourth-order valence-electron chi connectivity index (χ4n) is 3.60. The van der Waals surface area contributed by atoms with E-state index < -0.39 is 56.2 Å². The third-order valence-corrected chi connectivity index (χ3v) is 5.05. The SMILES string of the molecule is CC1(C)C2N(CO)C(=O)N(CO)C1(C)N(CO)C(=O)N2CO. The Bertz CT molecular complexity index is 452. The fraction of sp³-hybridized carbons (Fsp3) is 0.833. The van der Waals surface area contributed by atoms with Gasteiger partial charge in [0.25, 0.3) is 0 Å². The molecule has 0 atom stereocenters. The van der Waals surface area contributed by atoms with Crippen LogP contribution < -0.4 is 0 Å². The Morgan fingerprint density at radius 3 is 1.45 bits per heavy atom. The van der Waals surface area contributed by atoms with Crippen LogP contribution in [0.2, 0.25) is 0 Å². The molecule has 0 saturated carbocycles. The monoisotopic (exact) mass is 318 g/mol. The van der Waals surface area contributed by atoms with Gasteiger partial charge in [0.2, 0.25) is 0 Å². The highest BCUT2D eigenvalue weighted by atomic mass is 16.3. The lowest BCUT2D eigenvalue weighted by Gasteiger charge is -2.68. The van der Waals surface area contributed by atoms with E-state index in [2.05, 4.69) is 0 Å². The summed E-state index contributed by atoms with van der Waals surface area (Å²) in [5, 5.41) is 38.3. The maximum Gasteiger partial charge on any atom is 0.327 e.